The predicted molar refractivity (Wildman–Crippen MR) is 17.2 cm³/mol. The Kier molecular flexibility index (Phi) is 33.1. The van der Waals surface area contributed by atoms with Crippen molar-refractivity contribution < 1.29 is 78.9 Å². The maximum atomic E-state index is 8.93. The van der Waals surface area contributed by atoms with Crippen molar-refractivity contribution in [1.82, 2.24) is 0 Å². The first kappa shape index (κ1) is 22.6. The van der Waals surface area contributed by atoms with E-state index in [0.717, 1.165) is 0 Å². The molecule has 9 heavy (non-hydrogen) atoms. The Morgan fingerprint density at radius 2 is 1.00 bits per heavy atom. The summed E-state index contributed by atoms with van der Waals surface area (Å²) >= 11 is 0. The van der Waals surface area contributed by atoms with E-state index in [1.165, 1.54) is 0 Å². The van der Waals surface area contributed by atoms with Gasteiger partial charge in [0.15, 0.2) is 0 Å². The van der Waals surface area contributed by atoms with Gasteiger partial charge in [0.1, 0.15) is 0 Å². The van der Waals surface area contributed by atoms with E-state index in [-0.39, 0.29) is 110 Å². The van der Waals surface area contributed by atoms with Crippen molar-refractivity contribution in [3.05, 3.63) is 0 Å². The first-order valence-corrected chi connectivity index (χ1v) is 1.07. The number of carbonyl (C=O) groups is 2. The van der Waals surface area contributed by atoms with Gasteiger partial charge in [-0.3, -0.25) is 0 Å². The largest absolute Gasteiger partial charge is 1.00 e. The summed E-state index contributed by atoms with van der Waals surface area (Å²) in [4.78, 5) is 17.9. The second kappa shape index (κ2) is 13.2. The standard InChI is InChI=1S/C2H2O4.K.2Na.H/c3-1(4)2(5)6;;;;/h(H,3,4)(H,5,6);;;;/q;;2*+1;/p-2. The zero-order valence-corrected chi connectivity index (χ0v) is 8.63. The van der Waals surface area contributed by atoms with Crippen LogP contribution in [0.2, 0.25) is 0 Å². The molecule has 0 radical (unpaired) electrons. The van der Waals surface area contributed by atoms with Gasteiger partial charge >= 0.3 is 110 Å². The second-order valence-electron chi connectivity index (χ2n) is 0.575. The summed E-state index contributed by atoms with van der Waals surface area (Å²) in [6.07, 6.45) is 0. The molecule has 0 spiro atoms. The van der Waals surface area contributed by atoms with Crippen molar-refractivity contribution >= 4 is 63.3 Å². The molecule has 4 nitrogen and oxygen atoms in total. The molecule has 0 fully saturated rings. The Labute approximate surface area is 139 Å². The van der Waals surface area contributed by atoms with E-state index in [0.29, 0.717) is 0 Å². The summed E-state index contributed by atoms with van der Waals surface area (Å²) < 4.78 is 0. The van der Waals surface area contributed by atoms with Crippen LogP contribution < -0.4 is 69.3 Å². The third-order valence-electron chi connectivity index (χ3n) is 0.167. The Balaban J connectivity index is -0.0000000417. The van der Waals surface area contributed by atoms with Gasteiger partial charge in [-0.15, -0.1) is 0 Å². The van der Waals surface area contributed by atoms with E-state index in [2.05, 4.69) is 0 Å². The number of hydrogen-bond donors (Lipinski definition) is 0. The average Bonchev–Trinajstić information content (AvgIpc) is 1.36. The maximum absolute atomic E-state index is 8.93. The molecule has 0 atom stereocenters. The fourth-order valence-corrected chi connectivity index (χ4v) is 0. The summed E-state index contributed by atoms with van der Waals surface area (Å²) in [6, 6.07) is 0. The van der Waals surface area contributed by atoms with Crippen LogP contribution in [0.15, 0.2) is 0 Å². The van der Waals surface area contributed by atoms with E-state index < -0.39 is 11.9 Å². The topological polar surface area (TPSA) is 80.3 Å². The van der Waals surface area contributed by atoms with E-state index in [1.54, 1.807) is 0 Å². The summed E-state index contributed by atoms with van der Waals surface area (Å²) in [5.74, 6) is -4.37. The SMILES string of the molecule is O=C([O-])C(=O)[O-].[KH].[Na+].[Na+]. The fourth-order valence-electron chi connectivity index (χ4n) is 0. The van der Waals surface area contributed by atoms with E-state index in [4.69, 9.17) is 19.8 Å². The van der Waals surface area contributed by atoms with Crippen molar-refractivity contribution in [3.63, 3.8) is 0 Å². The van der Waals surface area contributed by atoms with Gasteiger partial charge in [0.2, 0.25) is 0 Å². The number of rotatable bonds is 0. The van der Waals surface area contributed by atoms with Crippen LogP contribution in [0.5, 0.6) is 0 Å². The van der Waals surface area contributed by atoms with Crippen LogP contribution in [0.4, 0.5) is 0 Å². The van der Waals surface area contributed by atoms with Gasteiger partial charge in [-0.05, 0) is 0 Å². The number of carboxylic acids is 2. The predicted octanol–water partition coefficient (Wildman–Crippen LogP) is -10.2. The first-order valence-electron chi connectivity index (χ1n) is 1.07. The maximum Gasteiger partial charge on any atom is 1.00 e. The van der Waals surface area contributed by atoms with Crippen molar-refractivity contribution in [3.8, 4) is 0 Å². The summed E-state index contributed by atoms with van der Waals surface area (Å²) in [7, 11) is 0. The molecule has 0 amide bonds. The van der Waals surface area contributed by atoms with Crippen LogP contribution in [0, 0.1) is 0 Å². The molecular weight excluding hydrogens is 173 g/mol. The third kappa shape index (κ3) is 18.0. The van der Waals surface area contributed by atoms with Crippen LogP contribution >= 0.6 is 0 Å². The smallest absolute Gasteiger partial charge is 1.00 e. The molecule has 0 aliphatic carbocycles. The molecule has 0 aromatic heterocycles. The molecular formula is C2HKNa2O4. The third-order valence-corrected chi connectivity index (χ3v) is 0.167. The van der Waals surface area contributed by atoms with Crippen LogP contribution in [0.25, 0.3) is 0 Å². The summed E-state index contributed by atoms with van der Waals surface area (Å²) in [5, 5.41) is 17.9. The number of aliphatic carboxylic acids is 2. The van der Waals surface area contributed by atoms with E-state index in [1.807, 2.05) is 0 Å². The van der Waals surface area contributed by atoms with Gasteiger partial charge in [0.05, 0.1) is 11.9 Å². The first-order chi connectivity index (χ1) is 2.64. The Hall–Kier alpha value is 2.58. The van der Waals surface area contributed by atoms with Crippen molar-refractivity contribution in [2.75, 3.05) is 0 Å². The number of carbonyl (C=O) groups excluding carboxylic acids is 2. The minimum atomic E-state index is -2.19. The van der Waals surface area contributed by atoms with Crippen LogP contribution in [-0.2, 0) is 9.59 Å². The minimum Gasteiger partial charge on any atom is 1.00 e. The second-order valence-corrected chi connectivity index (χ2v) is 0.575. The Morgan fingerprint density at radius 1 is 0.889 bits per heavy atom. The number of hydrogen-bond acceptors (Lipinski definition) is 4. The van der Waals surface area contributed by atoms with Crippen LogP contribution in [0.3, 0.4) is 0 Å². The molecule has 36 valence electrons. The molecule has 0 aromatic rings. The van der Waals surface area contributed by atoms with Crippen molar-refractivity contribution in [1.29, 1.82) is 0 Å². The van der Waals surface area contributed by atoms with E-state index >= 15 is 0 Å². The molecule has 0 saturated carbocycles. The average molecular weight is 174 g/mol. The molecule has 0 rings (SSSR count). The van der Waals surface area contributed by atoms with Crippen LogP contribution in [0.1, 0.15) is 0 Å². The van der Waals surface area contributed by atoms with Gasteiger partial charge in [-0.25, -0.2) is 0 Å². The summed E-state index contributed by atoms with van der Waals surface area (Å²) in [6.45, 7) is 0. The Morgan fingerprint density at radius 3 is 1.00 bits per heavy atom. The zero-order chi connectivity index (χ0) is 5.15. The molecule has 7 heteroatoms. The normalized spacial score (nSPS) is 4.89. The van der Waals surface area contributed by atoms with Crippen molar-refractivity contribution in [2.45, 2.75) is 0 Å². The van der Waals surface area contributed by atoms with Gasteiger partial charge < -0.3 is 19.8 Å². The van der Waals surface area contributed by atoms with Gasteiger partial charge in [0.25, 0.3) is 0 Å². The van der Waals surface area contributed by atoms with E-state index in [9.17, 15) is 0 Å². The molecule has 0 aliphatic rings. The molecule has 0 heterocycles. The molecule has 0 aliphatic heterocycles. The zero-order valence-electron chi connectivity index (χ0n) is 4.63. The van der Waals surface area contributed by atoms with Crippen molar-refractivity contribution in [2.24, 2.45) is 0 Å². The van der Waals surface area contributed by atoms with Gasteiger partial charge in [-0.2, -0.15) is 0 Å². The summed E-state index contributed by atoms with van der Waals surface area (Å²) in [5.41, 5.74) is 0. The Bertz CT molecular complexity index is 82.6. The molecule has 0 N–H and O–H groups in total. The number of carboxylic acid groups (broad SMARTS) is 2. The quantitative estimate of drug-likeness (QED) is 0.270. The molecule has 0 unspecified atom stereocenters. The molecule has 0 aromatic carbocycles. The van der Waals surface area contributed by atoms with Crippen LogP contribution in [-0.4, -0.2) is 63.3 Å². The minimum absolute atomic E-state index is 0. The molecule has 0 bridgehead atoms. The monoisotopic (exact) mass is 174 g/mol. The van der Waals surface area contributed by atoms with Gasteiger partial charge in [-0.1, -0.05) is 0 Å². The fraction of sp³-hybridized carbons (Fsp3) is 0. The molecule has 0 saturated heterocycles. The van der Waals surface area contributed by atoms with Gasteiger partial charge in [0, 0.05) is 0 Å².